The summed E-state index contributed by atoms with van der Waals surface area (Å²) in [7, 11) is 0. The number of anilines is 1. The van der Waals surface area contributed by atoms with E-state index in [1.165, 1.54) is 6.92 Å². The smallest absolute Gasteiger partial charge is 0.475 e. The van der Waals surface area contributed by atoms with E-state index in [9.17, 15) is 27.6 Å². The van der Waals surface area contributed by atoms with Crippen molar-refractivity contribution >= 4 is 29.4 Å². The van der Waals surface area contributed by atoms with E-state index in [0.717, 1.165) is 24.2 Å². The topological polar surface area (TPSA) is 119 Å². The van der Waals surface area contributed by atoms with Crippen molar-refractivity contribution in [3.8, 4) is 0 Å². The van der Waals surface area contributed by atoms with Gasteiger partial charge in [-0.15, -0.1) is 0 Å². The summed E-state index contributed by atoms with van der Waals surface area (Å²) in [5.74, 6) is -2.98. The Morgan fingerprint density at radius 2 is 1.66 bits per heavy atom. The average Bonchev–Trinajstić information content (AvgIpc) is 2.86. The van der Waals surface area contributed by atoms with Crippen molar-refractivity contribution in [2.24, 2.45) is 0 Å². The SMILES string of the molecule is CC(=O)Nc1ccc(C(=O)N(CCC(=O)N2CCNCC2)Cc2cccc(C)c2)cc1.O=C(O)C(F)(F)F. The Labute approximate surface area is 218 Å². The molecule has 0 atom stereocenters. The van der Waals surface area contributed by atoms with Gasteiger partial charge in [0.15, 0.2) is 0 Å². The van der Waals surface area contributed by atoms with Crippen molar-refractivity contribution in [1.29, 1.82) is 0 Å². The largest absolute Gasteiger partial charge is 0.490 e. The van der Waals surface area contributed by atoms with Crippen molar-refractivity contribution in [2.75, 3.05) is 38.0 Å². The predicted octanol–water partition coefficient (Wildman–Crippen LogP) is 3.05. The van der Waals surface area contributed by atoms with Gasteiger partial charge in [0, 0.05) is 63.9 Å². The first-order valence-electron chi connectivity index (χ1n) is 11.9. The van der Waals surface area contributed by atoms with E-state index in [0.29, 0.717) is 43.9 Å². The van der Waals surface area contributed by atoms with Crippen LogP contribution >= 0.6 is 0 Å². The van der Waals surface area contributed by atoms with Crippen molar-refractivity contribution in [3.05, 3.63) is 65.2 Å². The number of hydrogen-bond acceptors (Lipinski definition) is 5. The number of alkyl halides is 3. The lowest BCUT2D eigenvalue weighted by Crippen LogP contribution is -2.47. The molecule has 1 heterocycles. The Kier molecular flexibility index (Phi) is 11.3. The zero-order chi connectivity index (χ0) is 28.3. The van der Waals surface area contributed by atoms with E-state index in [1.807, 2.05) is 30.0 Å². The lowest BCUT2D eigenvalue weighted by Gasteiger charge is -2.29. The summed E-state index contributed by atoms with van der Waals surface area (Å²) in [6.45, 7) is 7.26. The molecular formula is C26H31F3N4O5. The molecule has 38 heavy (non-hydrogen) atoms. The van der Waals surface area contributed by atoms with Gasteiger partial charge >= 0.3 is 12.1 Å². The third-order valence-corrected chi connectivity index (χ3v) is 5.50. The highest BCUT2D eigenvalue weighted by molar-refractivity contribution is 5.95. The number of hydrogen-bond donors (Lipinski definition) is 3. The zero-order valence-corrected chi connectivity index (χ0v) is 21.2. The Hall–Kier alpha value is -3.93. The maximum absolute atomic E-state index is 13.3. The zero-order valence-electron chi connectivity index (χ0n) is 21.2. The van der Waals surface area contributed by atoms with Crippen LogP contribution in [0.1, 0.15) is 34.8 Å². The van der Waals surface area contributed by atoms with Gasteiger partial charge in [-0.3, -0.25) is 14.4 Å². The summed E-state index contributed by atoms with van der Waals surface area (Å²) >= 11 is 0. The highest BCUT2D eigenvalue weighted by atomic mass is 19.4. The first-order chi connectivity index (χ1) is 17.9. The number of aliphatic carboxylic acids is 1. The summed E-state index contributed by atoms with van der Waals surface area (Å²) in [6, 6.07) is 14.9. The Bertz CT molecular complexity index is 1120. The molecule has 2 aromatic carbocycles. The highest BCUT2D eigenvalue weighted by Crippen LogP contribution is 2.16. The molecule has 1 saturated heterocycles. The monoisotopic (exact) mass is 536 g/mol. The number of aryl methyl sites for hydroxylation is 1. The van der Waals surface area contributed by atoms with Gasteiger partial charge in [0.05, 0.1) is 0 Å². The van der Waals surface area contributed by atoms with Gasteiger partial charge in [-0.2, -0.15) is 13.2 Å². The van der Waals surface area contributed by atoms with E-state index in [1.54, 1.807) is 29.2 Å². The minimum absolute atomic E-state index is 0.0737. The molecule has 206 valence electrons. The quantitative estimate of drug-likeness (QED) is 0.501. The van der Waals surface area contributed by atoms with Crippen LogP contribution in [0, 0.1) is 6.92 Å². The maximum atomic E-state index is 13.3. The minimum atomic E-state index is -5.08. The van der Waals surface area contributed by atoms with E-state index in [2.05, 4.69) is 16.7 Å². The molecule has 3 rings (SSSR count). The van der Waals surface area contributed by atoms with Crippen LogP contribution in [-0.4, -0.2) is 77.5 Å². The van der Waals surface area contributed by atoms with Crippen LogP contribution in [0.4, 0.5) is 18.9 Å². The van der Waals surface area contributed by atoms with Gasteiger partial charge in [0.25, 0.3) is 5.91 Å². The van der Waals surface area contributed by atoms with Gasteiger partial charge in [-0.1, -0.05) is 29.8 Å². The molecule has 0 radical (unpaired) electrons. The second-order valence-electron chi connectivity index (χ2n) is 8.66. The Balaban J connectivity index is 0.000000638. The van der Waals surface area contributed by atoms with E-state index in [-0.39, 0.29) is 17.7 Å². The van der Waals surface area contributed by atoms with Crippen molar-refractivity contribution in [2.45, 2.75) is 33.0 Å². The number of nitrogens with zero attached hydrogens (tertiary/aromatic N) is 2. The van der Waals surface area contributed by atoms with Crippen LogP contribution < -0.4 is 10.6 Å². The van der Waals surface area contributed by atoms with Crippen LogP contribution in [0.15, 0.2) is 48.5 Å². The third kappa shape index (κ3) is 10.2. The number of rotatable bonds is 7. The van der Waals surface area contributed by atoms with E-state index in [4.69, 9.17) is 9.90 Å². The molecule has 2 aromatic rings. The molecule has 0 saturated carbocycles. The molecule has 0 aliphatic carbocycles. The summed E-state index contributed by atoms with van der Waals surface area (Å²) in [6.07, 6.45) is -4.79. The Morgan fingerprint density at radius 3 is 2.18 bits per heavy atom. The number of carboxylic acid groups (broad SMARTS) is 1. The molecular weight excluding hydrogens is 505 g/mol. The van der Waals surface area contributed by atoms with Gasteiger partial charge in [0.1, 0.15) is 0 Å². The summed E-state index contributed by atoms with van der Waals surface area (Å²) in [5.41, 5.74) is 3.32. The molecule has 0 bridgehead atoms. The van der Waals surface area contributed by atoms with Gasteiger partial charge in [0.2, 0.25) is 11.8 Å². The van der Waals surface area contributed by atoms with Gasteiger partial charge in [-0.05, 0) is 36.8 Å². The van der Waals surface area contributed by atoms with Crippen LogP contribution in [-0.2, 0) is 20.9 Å². The first-order valence-corrected chi connectivity index (χ1v) is 11.9. The number of carbonyl (C=O) groups excluding carboxylic acids is 3. The molecule has 0 aromatic heterocycles. The normalized spacial score (nSPS) is 13.1. The van der Waals surface area contributed by atoms with Crippen LogP contribution in [0.2, 0.25) is 0 Å². The second-order valence-corrected chi connectivity index (χ2v) is 8.66. The fourth-order valence-corrected chi connectivity index (χ4v) is 3.67. The van der Waals surface area contributed by atoms with Crippen LogP contribution in [0.25, 0.3) is 0 Å². The van der Waals surface area contributed by atoms with Crippen molar-refractivity contribution in [3.63, 3.8) is 0 Å². The first kappa shape index (κ1) is 30.3. The standard InChI is InChI=1S/C24H30N4O3.C2HF3O2/c1-18-4-3-5-20(16-18)17-28(13-10-23(30)27-14-11-25-12-15-27)24(31)21-6-8-22(9-7-21)26-19(2)29;3-2(4,5)1(6)7/h3-9,16,25H,10-15,17H2,1-2H3,(H,26,29);(H,6,7). The van der Waals surface area contributed by atoms with E-state index >= 15 is 0 Å². The van der Waals surface area contributed by atoms with Crippen molar-refractivity contribution in [1.82, 2.24) is 15.1 Å². The maximum Gasteiger partial charge on any atom is 0.490 e. The van der Waals surface area contributed by atoms with Crippen LogP contribution in [0.3, 0.4) is 0 Å². The minimum Gasteiger partial charge on any atom is -0.475 e. The molecule has 12 heteroatoms. The number of carbonyl (C=O) groups is 4. The highest BCUT2D eigenvalue weighted by Gasteiger charge is 2.38. The predicted molar refractivity (Wildman–Crippen MR) is 134 cm³/mol. The molecule has 3 N–H and O–H groups in total. The molecule has 1 aliphatic heterocycles. The number of carboxylic acids is 1. The third-order valence-electron chi connectivity index (χ3n) is 5.50. The molecule has 9 nitrogen and oxygen atoms in total. The Morgan fingerprint density at radius 1 is 1.05 bits per heavy atom. The number of piperazine rings is 1. The van der Waals surface area contributed by atoms with Gasteiger partial charge < -0.3 is 25.5 Å². The number of nitrogens with one attached hydrogen (secondary N) is 2. The summed E-state index contributed by atoms with van der Waals surface area (Å²) in [4.78, 5) is 49.6. The average molecular weight is 537 g/mol. The van der Waals surface area contributed by atoms with Gasteiger partial charge in [-0.25, -0.2) is 4.79 Å². The fraction of sp³-hybridized carbons (Fsp3) is 0.385. The molecule has 0 unspecified atom stereocenters. The van der Waals surface area contributed by atoms with E-state index < -0.39 is 12.1 Å². The molecule has 3 amide bonds. The van der Waals surface area contributed by atoms with Crippen LogP contribution in [0.5, 0.6) is 0 Å². The lowest BCUT2D eigenvalue weighted by atomic mass is 10.1. The number of amides is 3. The number of halogens is 3. The molecule has 1 fully saturated rings. The lowest BCUT2D eigenvalue weighted by molar-refractivity contribution is -0.192. The number of benzene rings is 2. The second kappa shape index (κ2) is 14.1. The summed E-state index contributed by atoms with van der Waals surface area (Å²) in [5, 5.41) is 13.1. The molecule has 0 spiro atoms. The van der Waals surface area contributed by atoms with Crippen molar-refractivity contribution < 1.29 is 37.5 Å². The fourth-order valence-electron chi connectivity index (χ4n) is 3.67. The molecule has 1 aliphatic rings. The summed E-state index contributed by atoms with van der Waals surface area (Å²) < 4.78 is 31.7.